The molecule has 1 aromatic heterocycles. The van der Waals surface area contributed by atoms with Crippen LogP contribution in [0.15, 0.2) is 71.5 Å². The number of esters is 1. The van der Waals surface area contributed by atoms with Crippen molar-refractivity contribution in [2.24, 2.45) is 0 Å². The Labute approximate surface area is 183 Å². The number of carbonyl (C=O) groups excluding carboxylic acids is 2. The fourth-order valence-electron chi connectivity index (χ4n) is 4.04. The number of hydrogen-bond acceptors (Lipinski definition) is 4. The molecule has 7 heteroatoms. The summed E-state index contributed by atoms with van der Waals surface area (Å²) in [6, 6.07) is 17.1. The van der Waals surface area contributed by atoms with E-state index in [0.717, 1.165) is 15.7 Å². The lowest BCUT2D eigenvalue weighted by molar-refractivity contribution is -0.149. The first-order valence-corrected chi connectivity index (χ1v) is 10.6. The minimum Gasteiger partial charge on any atom is -0.468 e. The molecule has 0 radical (unpaired) electrons. The number of aromatic nitrogens is 2. The summed E-state index contributed by atoms with van der Waals surface area (Å²) in [5.74, 6) is -0.273. The normalized spacial score (nSPS) is 15.6. The second-order valence-electron chi connectivity index (χ2n) is 7.38. The SMILES string of the molecule is COC(=O)C1(c2ccccc2)CCN(C(=O)c2ccc(-n3cc(Br)cn3)cc2)CC1. The van der Waals surface area contributed by atoms with Crippen LogP contribution in [0.25, 0.3) is 5.69 Å². The zero-order valence-corrected chi connectivity index (χ0v) is 18.2. The molecule has 2 aromatic carbocycles. The highest BCUT2D eigenvalue weighted by Gasteiger charge is 2.44. The molecule has 1 saturated heterocycles. The van der Waals surface area contributed by atoms with Crippen molar-refractivity contribution in [3.05, 3.63) is 82.6 Å². The van der Waals surface area contributed by atoms with Crippen molar-refractivity contribution in [3.63, 3.8) is 0 Å². The summed E-state index contributed by atoms with van der Waals surface area (Å²) >= 11 is 3.38. The number of carbonyl (C=O) groups is 2. The van der Waals surface area contributed by atoms with Crippen molar-refractivity contribution < 1.29 is 14.3 Å². The third-order valence-electron chi connectivity index (χ3n) is 5.74. The van der Waals surface area contributed by atoms with Crippen molar-refractivity contribution in [1.29, 1.82) is 0 Å². The van der Waals surface area contributed by atoms with Gasteiger partial charge in [0.15, 0.2) is 0 Å². The Bertz CT molecular complexity index is 1040. The molecule has 1 amide bonds. The summed E-state index contributed by atoms with van der Waals surface area (Å²) in [5.41, 5.74) is 1.74. The second-order valence-corrected chi connectivity index (χ2v) is 8.30. The van der Waals surface area contributed by atoms with Crippen molar-refractivity contribution in [3.8, 4) is 5.69 Å². The Morgan fingerprint density at radius 1 is 1.03 bits per heavy atom. The molecule has 0 saturated carbocycles. The minimum atomic E-state index is -0.704. The average molecular weight is 468 g/mol. The number of piperidine rings is 1. The zero-order valence-electron chi connectivity index (χ0n) is 16.6. The van der Waals surface area contributed by atoms with Crippen LogP contribution in [-0.4, -0.2) is 46.8 Å². The van der Waals surface area contributed by atoms with Crippen molar-refractivity contribution in [1.82, 2.24) is 14.7 Å². The molecule has 0 bridgehead atoms. The van der Waals surface area contributed by atoms with E-state index in [9.17, 15) is 9.59 Å². The van der Waals surface area contributed by atoms with Crippen LogP contribution in [0, 0.1) is 0 Å². The average Bonchev–Trinajstić information content (AvgIpc) is 3.25. The van der Waals surface area contributed by atoms with Gasteiger partial charge in [-0.3, -0.25) is 9.59 Å². The Kier molecular flexibility index (Phi) is 5.72. The Hall–Kier alpha value is -2.93. The van der Waals surface area contributed by atoms with Gasteiger partial charge >= 0.3 is 5.97 Å². The number of amides is 1. The molecular weight excluding hydrogens is 446 g/mol. The van der Waals surface area contributed by atoms with Crippen LogP contribution in [0.4, 0.5) is 0 Å². The van der Waals surface area contributed by atoms with E-state index in [1.54, 1.807) is 10.9 Å². The minimum absolute atomic E-state index is 0.0327. The first kappa shape index (κ1) is 20.3. The maximum absolute atomic E-state index is 13.0. The lowest BCUT2D eigenvalue weighted by Crippen LogP contribution is -2.49. The molecule has 0 spiro atoms. The van der Waals surface area contributed by atoms with E-state index in [1.165, 1.54) is 7.11 Å². The lowest BCUT2D eigenvalue weighted by Gasteiger charge is -2.40. The summed E-state index contributed by atoms with van der Waals surface area (Å²) in [5, 5.41) is 4.25. The van der Waals surface area contributed by atoms with Gasteiger partial charge in [0, 0.05) is 24.8 Å². The van der Waals surface area contributed by atoms with Gasteiger partial charge in [0.05, 0.1) is 28.9 Å². The van der Waals surface area contributed by atoms with E-state index >= 15 is 0 Å². The van der Waals surface area contributed by atoms with Gasteiger partial charge in [-0.15, -0.1) is 0 Å². The Balaban J connectivity index is 1.49. The molecule has 0 unspecified atom stereocenters. The van der Waals surface area contributed by atoms with Crippen molar-refractivity contribution >= 4 is 27.8 Å². The third kappa shape index (κ3) is 3.77. The number of methoxy groups -OCH3 is 1. The fourth-order valence-corrected chi connectivity index (χ4v) is 4.32. The smallest absolute Gasteiger partial charge is 0.316 e. The van der Waals surface area contributed by atoms with Gasteiger partial charge in [-0.05, 0) is 58.6 Å². The molecule has 0 aliphatic carbocycles. The lowest BCUT2D eigenvalue weighted by atomic mass is 9.72. The molecule has 4 rings (SSSR count). The summed E-state index contributed by atoms with van der Waals surface area (Å²) in [6.45, 7) is 0.993. The van der Waals surface area contributed by atoms with Gasteiger partial charge in [-0.2, -0.15) is 5.10 Å². The van der Waals surface area contributed by atoms with E-state index < -0.39 is 5.41 Å². The summed E-state index contributed by atoms with van der Waals surface area (Å²) in [6.07, 6.45) is 4.65. The Morgan fingerprint density at radius 3 is 2.27 bits per heavy atom. The zero-order chi connectivity index (χ0) is 21.1. The predicted octanol–water partition coefficient (Wildman–Crippen LogP) is 3.98. The number of rotatable bonds is 4. The van der Waals surface area contributed by atoms with Gasteiger partial charge in [0.2, 0.25) is 0 Å². The summed E-state index contributed by atoms with van der Waals surface area (Å²) < 4.78 is 7.76. The summed E-state index contributed by atoms with van der Waals surface area (Å²) in [7, 11) is 1.42. The molecule has 6 nitrogen and oxygen atoms in total. The number of likely N-dealkylation sites (tertiary alicyclic amines) is 1. The van der Waals surface area contributed by atoms with Gasteiger partial charge in [0.1, 0.15) is 0 Å². The van der Waals surface area contributed by atoms with Crippen LogP contribution in [0.2, 0.25) is 0 Å². The number of ether oxygens (including phenoxy) is 1. The highest BCUT2D eigenvalue weighted by atomic mass is 79.9. The van der Waals surface area contributed by atoms with E-state index in [-0.39, 0.29) is 11.9 Å². The van der Waals surface area contributed by atoms with Gasteiger partial charge in [-0.1, -0.05) is 30.3 Å². The van der Waals surface area contributed by atoms with Crippen molar-refractivity contribution in [2.45, 2.75) is 18.3 Å². The highest BCUT2D eigenvalue weighted by molar-refractivity contribution is 9.10. The predicted molar refractivity (Wildman–Crippen MR) is 117 cm³/mol. The largest absolute Gasteiger partial charge is 0.468 e. The first-order valence-electron chi connectivity index (χ1n) is 9.77. The molecule has 1 fully saturated rings. The molecular formula is C23H22BrN3O3. The molecule has 0 N–H and O–H groups in total. The van der Waals surface area contributed by atoms with E-state index in [0.29, 0.717) is 31.5 Å². The van der Waals surface area contributed by atoms with E-state index in [1.807, 2.05) is 65.7 Å². The second kappa shape index (κ2) is 8.44. The van der Waals surface area contributed by atoms with Crippen LogP contribution in [0.1, 0.15) is 28.8 Å². The molecule has 1 aliphatic heterocycles. The molecule has 0 atom stereocenters. The van der Waals surface area contributed by atoms with Crippen LogP contribution < -0.4 is 0 Å². The number of benzene rings is 2. The molecule has 1 aliphatic rings. The van der Waals surface area contributed by atoms with Crippen LogP contribution in [0.5, 0.6) is 0 Å². The fraction of sp³-hybridized carbons (Fsp3) is 0.261. The summed E-state index contributed by atoms with van der Waals surface area (Å²) in [4.78, 5) is 27.5. The maximum Gasteiger partial charge on any atom is 0.316 e. The van der Waals surface area contributed by atoms with Gasteiger partial charge < -0.3 is 9.64 Å². The monoisotopic (exact) mass is 467 g/mol. The quantitative estimate of drug-likeness (QED) is 0.544. The molecule has 3 aromatic rings. The highest BCUT2D eigenvalue weighted by Crippen LogP contribution is 2.37. The number of hydrogen-bond donors (Lipinski definition) is 0. The molecule has 154 valence electrons. The topological polar surface area (TPSA) is 64.4 Å². The first-order chi connectivity index (χ1) is 14.5. The van der Waals surface area contributed by atoms with Crippen LogP contribution in [0.3, 0.4) is 0 Å². The molecule has 30 heavy (non-hydrogen) atoms. The van der Waals surface area contributed by atoms with Gasteiger partial charge in [0.25, 0.3) is 5.91 Å². The third-order valence-corrected chi connectivity index (χ3v) is 6.15. The maximum atomic E-state index is 13.0. The van der Waals surface area contributed by atoms with E-state index in [2.05, 4.69) is 21.0 Å². The van der Waals surface area contributed by atoms with Gasteiger partial charge in [-0.25, -0.2) is 4.68 Å². The van der Waals surface area contributed by atoms with Crippen molar-refractivity contribution in [2.75, 3.05) is 20.2 Å². The number of nitrogens with zero attached hydrogens (tertiary/aromatic N) is 3. The van der Waals surface area contributed by atoms with Crippen LogP contribution >= 0.6 is 15.9 Å². The van der Waals surface area contributed by atoms with Crippen LogP contribution in [-0.2, 0) is 14.9 Å². The number of halogens is 1. The Morgan fingerprint density at radius 2 is 1.70 bits per heavy atom. The standard InChI is InChI=1S/C23H22BrN3O3/c1-30-22(29)23(18-5-3-2-4-6-18)11-13-26(14-12-23)21(28)17-7-9-20(10-8-17)27-16-19(24)15-25-27/h2-10,15-16H,11-14H2,1H3. The van der Waals surface area contributed by atoms with E-state index in [4.69, 9.17) is 4.74 Å². The molecule has 2 heterocycles.